The number of aromatic nitrogens is 3. The van der Waals surface area contributed by atoms with Crippen molar-refractivity contribution in [3.63, 3.8) is 0 Å². The summed E-state index contributed by atoms with van der Waals surface area (Å²) in [4.78, 5) is 3.86. The van der Waals surface area contributed by atoms with E-state index >= 15 is 0 Å². The maximum absolute atomic E-state index is 13.5. The third kappa shape index (κ3) is 3.50. The van der Waals surface area contributed by atoms with Crippen molar-refractivity contribution in [2.24, 2.45) is 5.41 Å². The van der Waals surface area contributed by atoms with Crippen molar-refractivity contribution in [3.05, 3.63) is 42.7 Å². The first-order valence-corrected chi connectivity index (χ1v) is 7.31. The van der Waals surface area contributed by atoms with Crippen molar-refractivity contribution in [2.45, 2.75) is 32.4 Å². The highest BCUT2D eigenvalue weighted by Crippen LogP contribution is 2.40. The molecule has 1 N–H and O–H groups in total. The fourth-order valence-corrected chi connectivity index (χ4v) is 2.36. The van der Waals surface area contributed by atoms with E-state index in [-0.39, 0.29) is 12.4 Å². The molecule has 0 bridgehead atoms. The van der Waals surface area contributed by atoms with E-state index in [1.165, 1.54) is 41.6 Å². The molecule has 0 aliphatic carbocycles. The van der Waals surface area contributed by atoms with E-state index in [1.807, 2.05) is 0 Å². The van der Waals surface area contributed by atoms with Crippen LogP contribution in [-0.2, 0) is 0 Å². The lowest BCUT2D eigenvalue weighted by Gasteiger charge is -2.44. The van der Waals surface area contributed by atoms with E-state index in [2.05, 4.69) is 10.1 Å². The van der Waals surface area contributed by atoms with Crippen LogP contribution in [0.15, 0.2) is 36.9 Å². The quantitative estimate of drug-likeness (QED) is 0.850. The van der Waals surface area contributed by atoms with Gasteiger partial charge in [0.1, 0.15) is 36.4 Å². The molecule has 2 unspecified atom stereocenters. The number of aliphatic hydroxyl groups is 1. The molecule has 2 rings (SSSR count). The van der Waals surface area contributed by atoms with Gasteiger partial charge in [-0.05, 0) is 31.2 Å². The Morgan fingerprint density at radius 1 is 1.30 bits per heavy atom. The molecule has 1 heterocycles. The van der Waals surface area contributed by atoms with Crippen LogP contribution in [0.1, 0.15) is 26.8 Å². The minimum Gasteiger partial charge on any atom is -0.490 e. The molecule has 2 aromatic rings. The first kappa shape index (κ1) is 17.3. The van der Waals surface area contributed by atoms with E-state index in [9.17, 15) is 13.9 Å². The summed E-state index contributed by atoms with van der Waals surface area (Å²) in [5, 5.41) is 15.2. The van der Waals surface area contributed by atoms with Gasteiger partial charge in [0.15, 0.2) is 0 Å². The molecule has 0 saturated carbocycles. The maximum atomic E-state index is 13.5. The van der Waals surface area contributed by atoms with Gasteiger partial charge in [-0.25, -0.2) is 14.1 Å². The van der Waals surface area contributed by atoms with Gasteiger partial charge < -0.3 is 9.84 Å². The van der Waals surface area contributed by atoms with E-state index in [1.54, 1.807) is 20.8 Å². The number of hydrogen-bond acceptors (Lipinski definition) is 4. The fraction of sp³-hybridized carbons (Fsp3) is 0.500. The third-order valence-electron chi connectivity index (χ3n) is 4.30. The molecule has 0 fully saturated rings. The Hall–Kier alpha value is -2.02. The molecular weight excluding hydrogens is 304 g/mol. The zero-order valence-corrected chi connectivity index (χ0v) is 13.4. The molecule has 23 heavy (non-hydrogen) atoms. The van der Waals surface area contributed by atoms with Crippen LogP contribution in [0.4, 0.5) is 8.78 Å². The minimum absolute atomic E-state index is 0.170. The van der Waals surface area contributed by atoms with E-state index in [0.29, 0.717) is 5.75 Å². The summed E-state index contributed by atoms with van der Waals surface area (Å²) in [5.74, 6) is 0.0120. The summed E-state index contributed by atoms with van der Waals surface area (Å²) in [7, 11) is 0. The Balaban J connectivity index is 2.25. The Kier molecular flexibility index (Phi) is 4.99. The zero-order valence-electron chi connectivity index (χ0n) is 13.4. The number of halogens is 2. The van der Waals surface area contributed by atoms with Crippen molar-refractivity contribution in [2.75, 3.05) is 13.3 Å². The average molecular weight is 325 g/mol. The van der Waals surface area contributed by atoms with Crippen molar-refractivity contribution < 1.29 is 18.6 Å². The molecule has 0 spiro atoms. The lowest BCUT2D eigenvalue weighted by molar-refractivity contribution is -0.136. The lowest BCUT2D eigenvalue weighted by Crippen LogP contribution is -2.55. The lowest BCUT2D eigenvalue weighted by atomic mass is 9.72. The number of alkyl halides is 1. The van der Waals surface area contributed by atoms with Gasteiger partial charge in [0, 0.05) is 5.41 Å². The molecule has 2 atom stereocenters. The second kappa shape index (κ2) is 6.62. The predicted octanol–water partition coefficient (Wildman–Crippen LogP) is 2.78. The first-order valence-electron chi connectivity index (χ1n) is 7.31. The summed E-state index contributed by atoms with van der Waals surface area (Å²) in [6, 6.07) is 4.86. The molecule has 0 saturated heterocycles. The highest BCUT2D eigenvalue weighted by molar-refractivity contribution is 5.22. The number of ether oxygens (including phenoxy) is 1. The maximum Gasteiger partial charge on any atom is 0.137 e. The molecular formula is C16H21F2N3O2. The largest absolute Gasteiger partial charge is 0.490 e. The van der Waals surface area contributed by atoms with Crippen molar-refractivity contribution in [1.82, 2.24) is 14.8 Å². The molecule has 0 aliphatic rings. The van der Waals surface area contributed by atoms with Crippen LogP contribution in [0.3, 0.4) is 0 Å². The molecule has 0 radical (unpaired) electrons. The highest BCUT2D eigenvalue weighted by atomic mass is 19.1. The Labute approximate surface area is 133 Å². The number of rotatable bonds is 7. The van der Waals surface area contributed by atoms with Crippen molar-refractivity contribution >= 4 is 0 Å². The van der Waals surface area contributed by atoms with Crippen LogP contribution in [-0.4, -0.2) is 38.8 Å². The van der Waals surface area contributed by atoms with Gasteiger partial charge in [-0.1, -0.05) is 13.8 Å². The number of hydrogen-bond donors (Lipinski definition) is 1. The van der Waals surface area contributed by atoms with E-state index in [4.69, 9.17) is 4.74 Å². The Morgan fingerprint density at radius 2 is 1.96 bits per heavy atom. The van der Waals surface area contributed by atoms with Crippen LogP contribution in [0, 0.1) is 11.2 Å². The van der Waals surface area contributed by atoms with Gasteiger partial charge in [0.05, 0.1) is 12.7 Å². The standard InChI is InChI=1S/C16H21F2N3O2/c1-12(21-11-19-10-20-21)16(22,15(2,3)8-17)9-23-14-6-4-13(18)5-7-14/h4-7,10-12,22H,8-9H2,1-3H3. The van der Waals surface area contributed by atoms with Gasteiger partial charge in [0.2, 0.25) is 0 Å². The summed E-state index contributed by atoms with van der Waals surface area (Å²) < 4.78 is 33.5. The van der Waals surface area contributed by atoms with Crippen molar-refractivity contribution in [3.8, 4) is 5.75 Å². The second-order valence-electron chi connectivity index (χ2n) is 6.24. The number of benzene rings is 1. The second-order valence-corrected chi connectivity index (χ2v) is 6.24. The molecule has 1 aromatic carbocycles. The summed E-state index contributed by atoms with van der Waals surface area (Å²) in [5.41, 5.74) is -2.64. The average Bonchev–Trinajstić information content (AvgIpc) is 3.07. The van der Waals surface area contributed by atoms with Crippen LogP contribution >= 0.6 is 0 Å². The Morgan fingerprint density at radius 3 is 2.48 bits per heavy atom. The van der Waals surface area contributed by atoms with Gasteiger partial charge >= 0.3 is 0 Å². The monoisotopic (exact) mass is 325 g/mol. The molecule has 1 aromatic heterocycles. The van der Waals surface area contributed by atoms with E-state index in [0.717, 1.165) is 0 Å². The zero-order chi connectivity index (χ0) is 17.1. The molecule has 5 nitrogen and oxygen atoms in total. The van der Waals surface area contributed by atoms with Crippen LogP contribution in [0.2, 0.25) is 0 Å². The predicted molar refractivity (Wildman–Crippen MR) is 81.3 cm³/mol. The van der Waals surface area contributed by atoms with Gasteiger partial charge in [-0.2, -0.15) is 5.10 Å². The number of nitrogens with zero attached hydrogens (tertiary/aromatic N) is 3. The smallest absolute Gasteiger partial charge is 0.137 e. The third-order valence-corrected chi connectivity index (χ3v) is 4.30. The summed E-state index contributed by atoms with van der Waals surface area (Å²) in [6.45, 7) is 4.05. The minimum atomic E-state index is -1.55. The van der Waals surface area contributed by atoms with E-state index < -0.39 is 23.7 Å². The van der Waals surface area contributed by atoms with Gasteiger partial charge in [-0.3, -0.25) is 4.39 Å². The van der Waals surface area contributed by atoms with Crippen LogP contribution in [0.25, 0.3) is 0 Å². The SMILES string of the molecule is CC(n1cncn1)C(O)(COc1ccc(F)cc1)C(C)(C)CF. The van der Waals surface area contributed by atoms with Crippen LogP contribution < -0.4 is 4.74 Å². The highest BCUT2D eigenvalue weighted by Gasteiger charge is 2.50. The Bertz CT molecular complexity index is 617. The van der Waals surface area contributed by atoms with Gasteiger partial charge in [0.25, 0.3) is 0 Å². The normalized spacial score (nSPS) is 15.9. The molecule has 0 aliphatic heterocycles. The van der Waals surface area contributed by atoms with Crippen LogP contribution in [0.5, 0.6) is 5.75 Å². The van der Waals surface area contributed by atoms with Gasteiger partial charge in [-0.15, -0.1) is 0 Å². The van der Waals surface area contributed by atoms with Crippen molar-refractivity contribution in [1.29, 1.82) is 0 Å². The fourth-order valence-electron chi connectivity index (χ4n) is 2.36. The molecule has 7 heteroatoms. The summed E-state index contributed by atoms with van der Waals surface area (Å²) >= 11 is 0. The summed E-state index contributed by atoms with van der Waals surface area (Å²) in [6.07, 6.45) is 2.81. The molecule has 126 valence electrons. The topological polar surface area (TPSA) is 60.2 Å². The molecule has 0 amide bonds. The first-order chi connectivity index (χ1) is 10.8.